The van der Waals surface area contributed by atoms with Gasteiger partial charge in [0.2, 0.25) is 0 Å². The van der Waals surface area contributed by atoms with Crippen molar-refractivity contribution in [3.63, 3.8) is 0 Å². The second-order valence-electron chi connectivity index (χ2n) is 5.80. The van der Waals surface area contributed by atoms with Gasteiger partial charge in [0, 0.05) is 5.56 Å². The van der Waals surface area contributed by atoms with Crippen LogP contribution in [0.2, 0.25) is 0 Å². The quantitative estimate of drug-likeness (QED) is 0.738. The molecule has 1 aromatic rings. The molecule has 3 unspecified atom stereocenters. The predicted molar refractivity (Wildman–Crippen MR) is 71.0 cm³/mol. The van der Waals surface area contributed by atoms with Crippen molar-refractivity contribution in [2.75, 3.05) is 5.32 Å². The van der Waals surface area contributed by atoms with Crippen molar-refractivity contribution in [1.82, 2.24) is 0 Å². The Hall–Kier alpha value is -1.35. The summed E-state index contributed by atoms with van der Waals surface area (Å²) < 4.78 is 0. The molecule has 3 nitrogen and oxygen atoms in total. The number of carbonyl (C=O) groups excluding carboxylic acids is 1. The lowest BCUT2D eigenvalue weighted by Gasteiger charge is -2.18. The van der Waals surface area contributed by atoms with E-state index in [2.05, 4.69) is 26.1 Å². The van der Waals surface area contributed by atoms with Crippen molar-refractivity contribution in [3.05, 3.63) is 27.8 Å². The molecule has 3 atom stereocenters. The van der Waals surface area contributed by atoms with Crippen LogP contribution < -0.4 is 5.32 Å². The second-order valence-corrected chi connectivity index (χ2v) is 5.80. The maximum Gasteiger partial charge on any atom is 0.257 e. The Bertz CT molecular complexity index is 562. The van der Waals surface area contributed by atoms with Gasteiger partial charge in [0.15, 0.2) is 6.10 Å². The van der Waals surface area contributed by atoms with Crippen molar-refractivity contribution in [2.45, 2.75) is 52.1 Å². The van der Waals surface area contributed by atoms with E-state index in [1.165, 1.54) is 16.7 Å². The van der Waals surface area contributed by atoms with E-state index in [-0.39, 0.29) is 5.91 Å². The van der Waals surface area contributed by atoms with Crippen LogP contribution in [0, 0.1) is 13.8 Å². The third-order valence-corrected chi connectivity index (χ3v) is 4.66. The first-order chi connectivity index (χ1) is 8.43. The highest BCUT2D eigenvalue weighted by Crippen LogP contribution is 2.51. The normalized spacial score (nSPS) is 29.2. The van der Waals surface area contributed by atoms with Gasteiger partial charge in [-0.2, -0.15) is 0 Å². The topological polar surface area (TPSA) is 49.3 Å². The number of rotatable bonds is 0. The maximum absolute atomic E-state index is 11.7. The maximum atomic E-state index is 11.7. The SMILES string of the molecule is Cc1c(C)c2c(c3c1C(C)CC3C)NC(=O)C2O. The molecule has 0 radical (unpaired) electrons. The van der Waals surface area contributed by atoms with Gasteiger partial charge in [-0.3, -0.25) is 4.79 Å². The fourth-order valence-electron chi connectivity index (χ4n) is 3.79. The number of benzene rings is 1. The zero-order chi connectivity index (χ0) is 13.2. The molecule has 0 bridgehead atoms. The van der Waals surface area contributed by atoms with Gasteiger partial charge in [0.1, 0.15) is 0 Å². The standard InChI is InChI=1S/C15H19NO2/c1-6-5-7(2)11-10(6)8(3)9(4)12-13(11)16-15(18)14(12)17/h6-7,14,17H,5H2,1-4H3,(H,16,18). The molecular formula is C15H19NO2. The summed E-state index contributed by atoms with van der Waals surface area (Å²) in [6.07, 6.45) is 0.130. The van der Waals surface area contributed by atoms with Crippen LogP contribution in [0.1, 0.15) is 66.0 Å². The van der Waals surface area contributed by atoms with E-state index in [9.17, 15) is 9.90 Å². The van der Waals surface area contributed by atoms with Crippen LogP contribution in [0.15, 0.2) is 0 Å². The van der Waals surface area contributed by atoms with Crippen molar-refractivity contribution in [3.8, 4) is 0 Å². The molecule has 1 aromatic carbocycles. The van der Waals surface area contributed by atoms with Gasteiger partial charge in [0.05, 0.1) is 5.69 Å². The Labute approximate surface area is 107 Å². The summed E-state index contributed by atoms with van der Waals surface area (Å²) in [6.45, 7) is 8.56. The lowest BCUT2D eigenvalue weighted by atomic mass is 9.88. The smallest absolute Gasteiger partial charge is 0.257 e. The Balaban J connectivity index is 2.37. The first kappa shape index (κ1) is 11.7. The summed E-state index contributed by atoms with van der Waals surface area (Å²) in [4.78, 5) is 11.7. The van der Waals surface area contributed by atoms with Crippen LogP contribution in [0.4, 0.5) is 5.69 Å². The molecule has 2 N–H and O–H groups in total. The van der Waals surface area contributed by atoms with Crippen LogP contribution in [-0.4, -0.2) is 11.0 Å². The molecule has 1 aliphatic carbocycles. The van der Waals surface area contributed by atoms with E-state index in [1.54, 1.807) is 0 Å². The number of amides is 1. The van der Waals surface area contributed by atoms with E-state index in [4.69, 9.17) is 0 Å². The van der Waals surface area contributed by atoms with Crippen LogP contribution in [-0.2, 0) is 4.79 Å². The molecule has 96 valence electrons. The zero-order valence-electron chi connectivity index (χ0n) is 11.3. The number of anilines is 1. The minimum atomic E-state index is -0.993. The molecule has 3 rings (SSSR count). The van der Waals surface area contributed by atoms with Gasteiger partial charge in [-0.25, -0.2) is 0 Å². The highest BCUT2D eigenvalue weighted by Gasteiger charge is 2.39. The van der Waals surface area contributed by atoms with Gasteiger partial charge in [0.25, 0.3) is 5.91 Å². The summed E-state index contributed by atoms with van der Waals surface area (Å²) in [5.74, 6) is 0.704. The molecule has 0 saturated heterocycles. The van der Waals surface area contributed by atoms with E-state index >= 15 is 0 Å². The Morgan fingerprint density at radius 3 is 2.28 bits per heavy atom. The summed E-state index contributed by atoms with van der Waals surface area (Å²) in [6, 6.07) is 0. The van der Waals surface area contributed by atoms with E-state index in [1.807, 2.05) is 6.92 Å². The van der Waals surface area contributed by atoms with Crippen molar-refractivity contribution in [1.29, 1.82) is 0 Å². The largest absolute Gasteiger partial charge is 0.378 e. The van der Waals surface area contributed by atoms with Crippen molar-refractivity contribution < 1.29 is 9.90 Å². The number of hydrogen-bond donors (Lipinski definition) is 2. The second kappa shape index (κ2) is 3.58. The van der Waals surface area contributed by atoms with Gasteiger partial charge < -0.3 is 10.4 Å². The Morgan fingerprint density at radius 2 is 1.61 bits per heavy atom. The number of carbonyl (C=O) groups is 1. The summed E-state index contributed by atoms with van der Waals surface area (Å²) in [5, 5.41) is 12.9. The number of aliphatic hydroxyl groups is 1. The number of hydrogen-bond acceptors (Lipinski definition) is 2. The van der Waals surface area contributed by atoms with Gasteiger partial charge in [-0.1, -0.05) is 13.8 Å². The zero-order valence-corrected chi connectivity index (χ0v) is 11.3. The molecule has 2 aliphatic rings. The Morgan fingerprint density at radius 1 is 1.06 bits per heavy atom. The molecule has 3 heteroatoms. The fraction of sp³-hybridized carbons (Fsp3) is 0.533. The van der Waals surface area contributed by atoms with Crippen LogP contribution in [0.3, 0.4) is 0 Å². The average Bonchev–Trinajstić information content (AvgIpc) is 2.75. The minimum Gasteiger partial charge on any atom is -0.378 e. The monoisotopic (exact) mass is 245 g/mol. The summed E-state index contributed by atoms with van der Waals surface area (Å²) in [7, 11) is 0. The molecule has 1 aliphatic heterocycles. The van der Waals surface area contributed by atoms with Crippen molar-refractivity contribution in [2.24, 2.45) is 0 Å². The van der Waals surface area contributed by atoms with E-state index < -0.39 is 6.10 Å². The predicted octanol–water partition coefficient (Wildman–Crippen LogP) is 2.90. The average molecular weight is 245 g/mol. The molecule has 0 fully saturated rings. The van der Waals surface area contributed by atoms with Crippen molar-refractivity contribution >= 4 is 11.6 Å². The molecular weight excluding hydrogens is 226 g/mol. The molecule has 0 saturated carbocycles. The number of nitrogens with one attached hydrogen (secondary N) is 1. The summed E-state index contributed by atoms with van der Waals surface area (Å²) >= 11 is 0. The third-order valence-electron chi connectivity index (χ3n) is 4.66. The highest BCUT2D eigenvalue weighted by atomic mass is 16.3. The summed E-state index contributed by atoms with van der Waals surface area (Å²) in [5.41, 5.74) is 6.64. The van der Waals surface area contributed by atoms with E-state index in [0.29, 0.717) is 11.8 Å². The van der Waals surface area contributed by atoms with Gasteiger partial charge in [-0.15, -0.1) is 0 Å². The lowest BCUT2D eigenvalue weighted by molar-refractivity contribution is -0.123. The fourth-order valence-corrected chi connectivity index (χ4v) is 3.79. The number of fused-ring (bicyclic) bond motifs is 3. The van der Waals surface area contributed by atoms with Crippen LogP contribution in [0.25, 0.3) is 0 Å². The third kappa shape index (κ3) is 1.25. The number of aliphatic hydroxyl groups excluding tert-OH is 1. The molecule has 1 amide bonds. The molecule has 18 heavy (non-hydrogen) atoms. The first-order valence-corrected chi connectivity index (χ1v) is 6.59. The Kier molecular flexibility index (Phi) is 2.33. The molecule has 0 spiro atoms. The van der Waals surface area contributed by atoms with Crippen LogP contribution in [0.5, 0.6) is 0 Å². The van der Waals surface area contributed by atoms with Crippen LogP contribution >= 0.6 is 0 Å². The first-order valence-electron chi connectivity index (χ1n) is 6.59. The lowest BCUT2D eigenvalue weighted by Crippen LogP contribution is -2.11. The highest BCUT2D eigenvalue weighted by molar-refractivity contribution is 6.04. The minimum absolute atomic E-state index is 0.285. The van der Waals surface area contributed by atoms with Gasteiger partial charge >= 0.3 is 0 Å². The molecule has 0 aromatic heterocycles. The molecule has 1 heterocycles. The van der Waals surface area contributed by atoms with Gasteiger partial charge in [-0.05, 0) is 54.4 Å². The van der Waals surface area contributed by atoms with E-state index in [0.717, 1.165) is 23.2 Å².